The van der Waals surface area contributed by atoms with E-state index in [0.717, 1.165) is 109 Å². The van der Waals surface area contributed by atoms with Crippen LogP contribution in [0.25, 0.3) is 22.3 Å². The van der Waals surface area contributed by atoms with E-state index in [2.05, 4.69) is 41.7 Å². The van der Waals surface area contributed by atoms with E-state index in [9.17, 15) is 29.4 Å². The molecule has 3 aromatic carbocycles. The fourth-order valence-electron chi connectivity index (χ4n) is 10.6. The third kappa shape index (κ3) is 13.0. The van der Waals surface area contributed by atoms with Gasteiger partial charge in [0, 0.05) is 54.7 Å². The van der Waals surface area contributed by atoms with Gasteiger partial charge < -0.3 is 31.5 Å². The van der Waals surface area contributed by atoms with Crippen LogP contribution in [0.5, 0.6) is 0 Å². The number of carbonyl (C=O) groups excluding carboxylic acids is 4. The lowest BCUT2D eigenvalue weighted by Crippen LogP contribution is -2.49. The first kappa shape index (κ1) is 53.6. The normalized spacial score (nSPS) is 15.7. The smallest absolute Gasteiger partial charge is 0.270 e. The molecule has 2 aliphatic carbocycles. The molecule has 2 aliphatic rings. The van der Waals surface area contributed by atoms with Crippen LogP contribution in [0.4, 0.5) is 11.4 Å². The summed E-state index contributed by atoms with van der Waals surface area (Å²) in [6, 6.07) is 27.1. The Morgan fingerprint density at radius 3 is 1.52 bits per heavy atom. The molecule has 0 radical (unpaired) electrons. The van der Waals surface area contributed by atoms with Crippen LogP contribution in [0.15, 0.2) is 103 Å². The third-order valence-electron chi connectivity index (χ3n) is 14.5. The highest BCUT2D eigenvalue weighted by atomic mass is 16.3. The number of aliphatic hydroxyl groups is 2. The molecule has 0 saturated heterocycles. The second-order valence-corrected chi connectivity index (χ2v) is 20.0. The van der Waals surface area contributed by atoms with Crippen molar-refractivity contribution in [1.82, 2.24) is 50.2 Å². The van der Waals surface area contributed by atoms with Crippen molar-refractivity contribution in [2.75, 3.05) is 10.6 Å². The van der Waals surface area contributed by atoms with Gasteiger partial charge in [-0.2, -0.15) is 20.4 Å². The van der Waals surface area contributed by atoms with E-state index in [-0.39, 0.29) is 35.5 Å². The van der Waals surface area contributed by atoms with Crippen LogP contribution in [0.3, 0.4) is 0 Å². The van der Waals surface area contributed by atoms with Gasteiger partial charge in [-0.3, -0.25) is 38.3 Å². The standard InChI is InChI=1S/C32H38N6O3.C25H32N6O3/c1-21-28(30(22(2)39)38(36-21)20-23-10-6-4-7-11-23)24-14-16-26(17-15-24)34-32(41)29(25-12-8-5-9-13-25)35-31(40)27-18-19-33-37(27)3;1-15-21(22(16(2)32)30-29-15)17-9-11-19(12-10-17)27-25(34)23(18-7-5-4-6-8-18)28-24(33)20-13-14-26-31(20)3/h4,6-7,10-11,14-19,22,25,29,39H,5,8-9,12-13,20H2,1-3H3,(H,34,41)(H,35,40);9-14,16,18,23,32H,4-8H2,1-3H3,(H,27,34)(H,28,33)(H,29,30)/t22?,29-;16?,23-/m00/s1. The summed E-state index contributed by atoms with van der Waals surface area (Å²) in [5.41, 5.74) is 9.79. The Bertz CT molecular complexity index is 3030. The van der Waals surface area contributed by atoms with Crippen LogP contribution in [-0.4, -0.2) is 85.5 Å². The Kier molecular flexibility index (Phi) is 17.5. The summed E-state index contributed by atoms with van der Waals surface area (Å²) in [6.07, 6.45) is 11.9. The van der Waals surface area contributed by atoms with E-state index < -0.39 is 24.3 Å². The molecule has 2 unspecified atom stereocenters. The van der Waals surface area contributed by atoms with E-state index in [4.69, 9.17) is 5.10 Å². The highest BCUT2D eigenvalue weighted by Crippen LogP contribution is 2.35. The van der Waals surface area contributed by atoms with Gasteiger partial charge in [0.1, 0.15) is 23.5 Å². The summed E-state index contributed by atoms with van der Waals surface area (Å²) in [6.45, 7) is 7.84. The number of hydrogen-bond acceptors (Lipinski definition) is 10. The number of aliphatic hydroxyl groups excluding tert-OH is 2. The first-order valence-electron chi connectivity index (χ1n) is 26.1. The van der Waals surface area contributed by atoms with Crippen LogP contribution in [0.2, 0.25) is 0 Å². The molecule has 75 heavy (non-hydrogen) atoms. The minimum Gasteiger partial charge on any atom is -0.387 e. The van der Waals surface area contributed by atoms with Gasteiger partial charge in [-0.05, 0) is 118 Å². The van der Waals surface area contributed by atoms with Gasteiger partial charge in [0.2, 0.25) is 11.8 Å². The summed E-state index contributed by atoms with van der Waals surface area (Å²) in [5.74, 6) is -0.891. The SMILES string of the molecule is Cc1[nH]nc(C(C)O)c1-c1ccc(NC(=O)[C@@H](NC(=O)c2ccnn2C)C2CCCCC2)cc1.Cc1nn(Cc2ccccc2)c(C(C)O)c1-c1ccc(NC(=O)[C@@H](NC(=O)c2ccnn2C)C2CCCCC2)cc1. The molecule has 0 bridgehead atoms. The number of benzene rings is 3. The van der Waals surface area contributed by atoms with Crippen molar-refractivity contribution in [3.63, 3.8) is 0 Å². The maximum absolute atomic E-state index is 13.5. The molecule has 7 N–H and O–H groups in total. The molecule has 7 aromatic rings. The molecule has 2 saturated carbocycles. The van der Waals surface area contributed by atoms with Crippen molar-refractivity contribution in [2.24, 2.45) is 25.9 Å². The minimum atomic E-state index is -0.714. The first-order chi connectivity index (χ1) is 36.2. The highest BCUT2D eigenvalue weighted by molar-refractivity contribution is 6.02. The monoisotopic (exact) mass is 1020 g/mol. The Balaban J connectivity index is 0.000000203. The fraction of sp³-hybridized carbons (Fsp3) is 0.404. The van der Waals surface area contributed by atoms with Gasteiger partial charge in [-0.15, -0.1) is 0 Å². The van der Waals surface area contributed by atoms with Gasteiger partial charge in [0.25, 0.3) is 11.8 Å². The molecular formula is C57H70N12O6. The average molecular weight is 1020 g/mol. The van der Waals surface area contributed by atoms with Crippen LogP contribution in [-0.2, 0) is 30.2 Å². The molecule has 4 atom stereocenters. The Morgan fingerprint density at radius 1 is 0.627 bits per heavy atom. The highest BCUT2D eigenvalue weighted by Gasteiger charge is 2.34. The largest absolute Gasteiger partial charge is 0.387 e. The zero-order valence-corrected chi connectivity index (χ0v) is 43.7. The molecule has 18 heteroatoms. The second-order valence-electron chi connectivity index (χ2n) is 20.0. The minimum absolute atomic E-state index is 0.0758. The molecule has 2 fully saturated rings. The number of carbonyl (C=O) groups is 4. The summed E-state index contributed by atoms with van der Waals surface area (Å²) in [7, 11) is 3.42. The molecule has 9 rings (SSSR count). The molecule has 0 aliphatic heterocycles. The van der Waals surface area contributed by atoms with Gasteiger partial charge in [0.05, 0.1) is 35.8 Å². The summed E-state index contributed by atoms with van der Waals surface area (Å²) < 4.78 is 4.87. The zero-order valence-electron chi connectivity index (χ0n) is 43.7. The molecule has 394 valence electrons. The lowest BCUT2D eigenvalue weighted by atomic mass is 9.83. The molecule has 0 spiro atoms. The number of amides is 4. The quantitative estimate of drug-likeness (QED) is 0.0487. The molecule has 4 aromatic heterocycles. The number of nitrogens with one attached hydrogen (secondary N) is 5. The number of rotatable bonds is 16. The maximum atomic E-state index is 13.5. The molecular weight excluding hydrogens is 949 g/mol. The number of hydrogen-bond donors (Lipinski definition) is 7. The Hall–Kier alpha value is -7.70. The van der Waals surface area contributed by atoms with E-state index >= 15 is 0 Å². The van der Waals surface area contributed by atoms with E-state index in [1.807, 2.05) is 97.4 Å². The lowest BCUT2D eigenvalue weighted by molar-refractivity contribution is -0.120. The van der Waals surface area contributed by atoms with Gasteiger partial charge in [-0.1, -0.05) is 93.1 Å². The lowest BCUT2D eigenvalue weighted by Gasteiger charge is -2.30. The summed E-state index contributed by atoms with van der Waals surface area (Å²) in [4.78, 5) is 52.7. The van der Waals surface area contributed by atoms with Crippen molar-refractivity contribution in [2.45, 2.75) is 123 Å². The van der Waals surface area contributed by atoms with Crippen molar-refractivity contribution in [3.8, 4) is 22.3 Å². The van der Waals surface area contributed by atoms with Crippen molar-refractivity contribution in [3.05, 3.63) is 143 Å². The van der Waals surface area contributed by atoms with Gasteiger partial charge in [-0.25, -0.2) is 0 Å². The van der Waals surface area contributed by atoms with Crippen molar-refractivity contribution < 1.29 is 29.4 Å². The van der Waals surface area contributed by atoms with Crippen LogP contribution < -0.4 is 21.3 Å². The average Bonchev–Trinajstić information content (AvgIpc) is 4.22. The summed E-state index contributed by atoms with van der Waals surface area (Å²) in [5, 5.41) is 52.7. The molecule has 4 heterocycles. The van der Waals surface area contributed by atoms with E-state index in [0.29, 0.717) is 35.0 Å². The zero-order chi connectivity index (χ0) is 53.2. The van der Waals surface area contributed by atoms with E-state index in [1.54, 1.807) is 52.5 Å². The molecule has 18 nitrogen and oxygen atoms in total. The predicted octanol–water partition coefficient (Wildman–Crippen LogP) is 8.50. The number of H-pyrrole nitrogens is 1. The van der Waals surface area contributed by atoms with Gasteiger partial charge in [0.15, 0.2) is 0 Å². The number of aromatic nitrogens is 8. The Morgan fingerprint density at radius 2 is 1.09 bits per heavy atom. The number of aryl methyl sites for hydroxylation is 4. The van der Waals surface area contributed by atoms with Crippen molar-refractivity contribution >= 4 is 35.0 Å². The predicted molar refractivity (Wildman–Crippen MR) is 287 cm³/mol. The number of nitrogens with zero attached hydrogens (tertiary/aromatic N) is 7. The fourth-order valence-corrected chi connectivity index (χ4v) is 10.6. The second kappa shape index (κ2) is 24.6. The number of anilines is 2. The Labute approximate surface area is 437 Å². The van der Waals surface area contributed by atoms with E-state index in [1.165, 1.54) is 9.36 Å². The van der Waals surface area contributed by atoms with Crippen LogP contribution >= 0.6 is 0 Å². The van der Waals surface area contributed by atoms with Crippen LogP contribution in [0.1, 0.15) is 140 Å². The third-order valence-corrected chi connectivity index (χ3v) is 14.5. The maximum Gasteiger partial charge on any atom is 0.270 e. The van der Waals surface area contributed by atoms with Crippen molar-refractivity contribution in [1.29, 1.82) is 0 Å². The summed E-state index contributed by atoms with van der Waals surface area (Å²) >= 11 is 0. The van der Waals surface area contributed by atoms with Gasteiger partial charge >= 0.3 is 0 Å². The van der Waals surface area contributed by atoms with Crippen LogP contribution in [0, 0.1) is 25.7 Å². The topological polar surface area (TPSA) is 239 Å². The number of aromatic amines is 1. The first-order valence-corrected chi connectivity index (χ1v) is 26.1. The molecule has 4 amide bonds.